The van der Waals surface area contributed by atoms with Crippen LogP contribution in [-0.2, 0) is 0 Å². The molecular weight excluding hydrogens is 270 g/mol. The molecule has 0 saturated carbocycles. The monoisotopic (exact) mass is 274 g/mol. The van der Waals surface area contributed by atoms with Gasteiger partial charge in [0.2, 0.25) is 0 Å². The molecule has 0 saturated heterocycles. The van der Waals surface area contributed by atoms with Crippen LogP contribution in [0.1, 0.15) is 5.82 Å². The van der Waals surface area contributed by atoms with Gasteiger partial charge in [-0.15, -0.1) is 0 Å². The second-order valence-electron chi connectivity index (χ2n) is 2.81. The molecule has 0 atom stereocenters. The largest absolute Gasteiger partial charge is 0.230 e. The topological polar surface area (TPSA) is 25.8 Å². The summed E-state index contributed by atoms with van der Waals surface area (Å²) in [5.74, 6) is 0.0649. The maximum atomic E-state index is 13.4. The molecule has 0 unspecified atom stereocenters. The van der Waals surface area contributed by atoms with Gasteiger partial charge in [0.15, 0.2) is 0 Å². The Bertz CT molecular complexity index is 516. The van der Waals surface area contributed by atoms with Gasteiger partial charge in [0.1, 0.15) is 22.3 Å². The first-order chi connectivity index (χ1) is 6.59. The van der Waals surface area contributed by atoms with Gasteiger partial charge in [-0.25, -0.2) is 14.4 Å². The standard InChI is InChI=1S/C9H5BrClFN2/c1-4-13-8-6(12)3-2-5(10)7(8)9(11)14-4/h2-3H,1H3. The fourth-order valence-electron chi connectivity index (χ4n) is 1.23. The van der Waals surface area contributed by atoms with Gasteiger partial charge in [-0.05, 0) is 35.0 Å². The molecule has 14 heavy (non-hydrogen) atoms. The highest BCUT2D eigenvalue weighted by molar-refractivity contribution is 9.10. The Balaban J connectivity index is 3.00. The summed E-state index contributed by atoms with van der Waals surface area (Å²) in [5, 5.41) is 0.774. The molecule has 5 heteroatoms. The van der Waals surface area contributed by atoms with Crippen molar-refractivity contribution in [3.05, 3.63) is 33.4 Å². The summed E-state index contributed by atoms with van der Waals surface area (Å²) in [6.45, 7) is 1.67. The van der Waals surface area contributed by atoms with Gasteiger partial charge in [0, 0.05) is 4.47 Å². The molecule has 2 rings (SSSR count). The van der Waals surface area contributed by atoms with E-state index in [0.717, 1.165) is 0 Å². The molecule has 0 amide bonds. The highest BCUT2D eigenvalue weighted by Crippen LogP contribution is 2.29. The van der Waals surface area contributed by atoms with Crippen molar-refractivity contribution in [3.63, 3.8) is 0 Å². The number of rotatable bonds is 0. The molecule has 2 aromatic rings. The summed E-state index contributed by atoms with van der Waals surface area (Å²) in [7, 11) is 0. The van der Waals surface area contributed by atoms with Gasteiger partial charge in [-0.3, -0.25) is 0 Å². The first-order valence-electron chi connectivity index (χ1n) is 3.87. The maximum absolute atomic E-state index is 13.4. The van der Waals surface area contributed by atoms with Gasteiger partial charge >= 0.3 is 0 Å². The van der Waals surface area contributed by atoms with E-state index in [-0.39, 0.29) is 10.7 Å². The van der Waals surface area contributed by atoms with Crippen LogP contribution in [-0.4, -0.2) is 9.97 Å². The minimum absolute atomic E-state index is 0.247. The van der Waals surface area contributed by atoms with E-state index in [9.17, 15) is 4.39 Å². The van der Waals surface area contributed by atoms with Crippen LogP contribution < -0.4 is 0 Å². The zero-order valence-electron chi connectivity index (χ0n) is 7.18. The molecular formula is C9H5BrClFN2. The number of fused-ring (bicyclic) bond motifs is 1. The van der Waals surface area contributed by atoms with E-state index in [1.165, 1.54) is 6.07 Å². The van der Waals surface area contributed by atoms with Gasteiger partial charge < -0.3 is 0 Å². The number of benzene rings is 1. The third-order valence-corrected chi connectivity index (χ3v) is 2.75. The summed E-state index contributed by atoms with van der Waals surface area (Å²) in [6.07, 6.45) is 0. The number of aromatic nitrogens is 2. The third-order valence-electron chi connectivity index (χ3n) is 1.82. The number of nitrogens with zero attached hydrogens (tertiary/aromatic N) is 2. The average Bonchev–Trinajstić information content (AvgIpc) is 2.10. The van der Waals surface area contributed by atoms with Crippen molar-refractivity contribution in [2.75, 3.05) is 0 Å². The van der Waals surface area contributed by atoms with Crippen LogP contribution in [0, 0.1) is 12.7 Å². The molecule has 0 aliphatic rings. The Morgan fingerprint density at radius 2 is 2.07 bits per heavy atom. The lowest BCUT2D eigenvalue weighted by molar-refractivity contribution is 0.636. The van der Waals surface area contributed by atoms with Crippen LogP contribution in [0.5, 0.6) is 0 Å². The number of halogens is 3. The lowest BCUT2D eigenvalue weighted by atomic mass is 10.2. The normalized spacial score (nSPS) is 10.9. The molecule has 1 aromatic heterocycles. The van der Waals surface area contributed by atoms with Gasteiger partial charge in [0.25, 0.3) is 0 Å². The second-order valence-corrected chi connectivity index (χ2v) is 4.03. The third kappa shape index (κ3) is 1.48. The minimum atomic E-state index is -0.393. The Kier molecular flexibility index (Phi) is 2.41. The average molecular weight is 276 g/mol. The molecule has 1 aromatic carbocycles. The Hall–Kier alpha value is -0.740. The number of hydrogen-bond donors (Lipinski definition) is 0. The van der Waals surface area contributed by atoms with Gasteiger partial charge in [0.05, 0.1) is 5.39 Å². The van der Waals surface area contributed by atoms with Crippen LogP contribution in [0.4, 0.5) is 4.39 Å². The highest BCUT2D eigenvalue weighted by atomic mass is 79.9. The molecule has 0 aliphatic heterocycles. The van der Waals surface area contributed by atoms with Crippen LogP contribution >= 0.6 is 27.5 Å². The van der Waals surface area contributed by atoms with Crippen molar-refractivity contribution in [1.29, 1.82) is 0 Å². The van der Waals surface area contributed by atoms with Gasteiger partial charge in [-0.1, -0.05) is 11.6 Å². The van der Waals surface area contributed by atoms with Crippen molar-refractivity contribution in [2.24, 2.45) is 0 Å². The Morgan fingerprint density at radius 1 is 1.36 bits per heavy atom. The lowest BCUT2D eigenvalue weighted by Crippen LogP contribution is -1.93. The van der Waals surface area contributed by atoms with Crippen molar-refractivity contribution in [1.82, 2.24) is 9.97 Å². The first-order valence-corrected chi connectivity index (χ1v) is 5.04. The van der Waals surface area contributed by atoms with E-state index >= 15 is 0 Å². The zero-order chi connectivity index (χ0) is 10.3. The van der Waals surface area contributed by atoms with Crippen molar-refractivity contribution < 1.29 is 4.39 Å². The predicted molar refractivity (Wildman–Crippen MR) is 56.9 cm³/mol. The zero-order valence-corrected chi connectivity index (χ0v) is 9.52. The summed E-state index contributed by atoms with van der Waals surface area (Å²) < 4.78 is 14.0. The molecule has 0 bridgehead atoms. The molecule has 0 N–H and O–H groups in total. The van der Waals surface area contributed by atoms with Crippen LogP contribution in [0.15, 0.2) is 16.6 Å². The smallest absolute Gasteiger partial charge is 0.149 e. The van der Waals surface area contributed by atoms with E-state index in [4.69, 9.17) is 11.6 Å². The van der Waals surface area contributed by atoms with E-state index in [1.54, 1.807) is 13.0 Å². The first kappa shape index (κ1) is 9.80. The molecule has 0 fully saturated rings. The minimum Gasteiger partial charge on any atom is -0.230 e. The van der Waals surface area contributed by atoms with E-state index < -0.39 is 5.82 Å². The SMILES string of the molecule is Cc1nc(Cl)c2c(Br)ccc(F)c2n1. The summed E-state index contributed by atoms with van der Waals surface area (Å²) >= 11 is 9.17. The summed E-state index contributed by atoms with van der Waals surface area (Å²) in [6, 6.07) is 2.93. The van der Waals surface area contributed by atoms with Crippen LogP contribution in [0.25, 0.3) is 10.9 Å². The van der Waals surface area contributed by atoms with Gasteiger partial charge in [-0.2, -0.15) is 0 Å². The maximum Gasteiger partial charge on any atom is 0.149 e. The highest BCUT2D eigenvalue weighted by Gasteiger charge is 2.10. The van der Waals surface area contributed by atoms with Crippen LogP contribution in [0.2, 0.25) is 5.15 Å². The number of hydrogen-bond acceptors (Lipinski definition) is 2. The lowest BCUT2D eigenvalue weighted by Gasteiger charge is -2.03. The molecule has 2 nitrogen and oxygen atoms in total. The quantitative estimate of drug-likeness (QED) is 0.688. The fraction of sp³-hybridized carbons (Fsp3) is 0.111. The number of aryl methyl sites for hydroxylation is 1. The van der Waals surface area contributed by atoms with Crippen molar-refractivity contribution in [3.8, 4) is 0 Å². The summed E-state index contributed by atoms with van der Waals surface area (Å²) in [5.41, 5.74) is 0.247. The Labute approximate surface area is 93.3 Å². The Morgan fingerprint density at radius 3 is 2.79 bits per heavy atom. The fourth-order valence-corrected chi connectivity index (χ4v) is 2.17. The summed E-state index contributed by atoms with van der Waals surface area (Å²) in [4.78, 5) is 7.96. The van der Waals surface area contributed by atoms with Crippen molar-refractivity contribution >= 4 is 38.4 Å². The molecule has 0 spiro atoms. The molecule has 0 aliphatic carbocycles. The van der Waals surface area contributed by atoms with E-state index in [0.29, 0.717) is 15.7 Å². The molecule has 72 valence electrons. The second kappa shape index (κ2) is 3.44. The van der Waals surface area contributed by atoms with E-state index in [1.807, 2.05) is 0 Å². The van der Waals surface area contributed by atoms with Crippen molar-refractivity contribution in [2.45, 2.75) is 6.92 Å². The van der Waals surface area contributed by atoms with E-state index in [2.05, 4.69) is 25.9 Å². The van der Waals surface area contributed by atoms with Crippen LogP contribution in [0.3, 0.4) is 0 Å². The molecule has 0 radical (unpaired) electrons. The predicted octanol–water partition coefficient (Wildman–Crippen LogP) is 3.49. The molecule has 1 heterocycles.